The molecule has 17 heavy (non-hydrogen) atoms. The predicted octanol–water partition coefficient (Wildman–Crippen LogP) is 2.10. The third-order valence-electron chi connectivity index (χ3n) is 2.71. The fourth-order valence-corrected chi connectivity index (χ4v) is 1.64. The van der Waals surface area contributed by atoms with Gasteiger partial charge in [-0.05, 0) is 19.9 Å². The second-order valence-corrected chi connectivity index (χ2v) is 3.77. The van der Waals surface area contributed by atoms with Crippen LogP contribution in [0.25, 0.3) is 11.4 Å². The Morgan fingerprint density at radius 1 is 1.29 bits per heavy atom. The molecule has 5 heteroatoms. The minimum atomic E-state index is -1.04. The Morgan fingerprint density at radius 3 is 2.47 bits per heavy atom. The summed E-state index contributed by atoms with van der Waals surface area (Å²) in [6.07, 6.45) is 0. The molecule has 0 aliphatic rings. The zero-order valence-electron chi connectivity index (χ0n) is 9.51. The fourth-order valence-electron chi connectivity index (χ4n) is 1.64. The van der Waals surface area contributed by atoms with Gasteiger partial charge in [-0.1, -0.05) is 18.2 Å². The van der Waals surface area contributed by atoms with Gasteiger partial charge in [0.15, 0.2) is 5.82 Å². The molecule has 0 saturated carbocycles. The first-order valence-corrected chi connectivity index (χ1v) is 5.10. The highest BCUT2D eigenvalue weighted by molar-refractivity contribution is 5.95. The Kier molecular flexibility index (Phi) is 2.59. The maximum atomic E-state index is 11.1. The third-order valence-corrected chi connectivity index (χ3v) is 2.71. The van der Waals surface area contributed by atoms with Gasteiger partial charge in [0.1, 0.15) is 0 Å². The summed E-state index contributed by atoms with van der Waals surface area (Å²) in [5.74, 6) is -0.795. The zero-order chi connectivity index (χ0) is 12.6. The Morgan fingerprint density at radius 2 is 1.94 bits per heavy atom. The van der Waals surface area contributed by atoms with E-state index in [9.17, 15) is 10.0 Å². The number of aromatic carboxylic acids is 1. The SMILES string of the molecule is Cc1nc(-c2ccccc2C(=O)O)n(O)c1C. The summed E-state index contributed by atoms with van der Waals surface area (Å²) in [7, 11) is 0. The van der Waals surface area contributed by atoms with E-state index in [0.717, 1.165) is 4.73 Å². The monoisotopic (exact) mass is 232 g/mol. The van der Waals surface area contributed by atoms with Crippen LogP contribution >= 0.6 is 0 Å². The van der Waals surface area contributed by atoms with Crippen LogP contribution in [0.15, 0.2) is 24.3 Å². The van der Waals surface area contributed by atoms with Crippen LogP contribution < -0.4 is 0 Å². The third kappa shape index (κ3) is 1.75. The molecule has 0 bridgehead atoms. The number of imidazole rings is 1. The van der Waals surface area contributed by atoms with Gasteiger partial charge in [-0.2, -0.15) is 4.73 Å². The lowest BCUT2D eigenvalue weighted by Crippen LogP contribution is -2.03. The number of carboxylic acid groups (broad SMARTS) is 1. The molecule has 0 atom stereocenters. The van der Waals surface area contributed by atoms with Crippen molar-refractivity contribution < 1.29 is 15.1 Å². The second-order valence-electron chi connectivity index (χ2n) is 3.77. The van der Waals surface area contributed by atoms with Crippen molar-refractivity contribution in [2.45, 2.75) is 13.8 Å². The van der Waals surface area contributed by atoms with Crippen LogP contribution in [-0.4, -0.2) is 26.0 Å². The molecule has 0 radical (unpaired) electrons. The van der Waals surface area contributed by atoms with Crippen LogP contribution in [0.3, 0.4) is 0 Å². The predicted molar refractivity (Wildman–Crippen MR) is 61.3 cm³/mol. The van der Waals surface area contributed by atoms with Gasteiger partial charge >= 0.3 is 5.97 Å². The molecule has 1 aromatic carbocycles. The Hall–Kier alpha value is -2.30. The van der Waals surface area contributed by atoms with E-state index in [1.54, 1.807) is 32.0 Å². The molecular weight excluding hydrogens is 220 g/mol. The maximum Gasteiger partial charge on any atom is 0.336 e. The number of carboxylic acids is 1. The average Bonchev–Trinajstić information content (AvgIpc) is 2.57. The molecule has 0 aliphatic carbocycles. The highest BCUT2D eigenvalue weighted by atomic mass is 16.5. The number of carbonyl (C=O) groups is 1. The molecule has 2 N–H and O–H groups in total. The Bertz CT molecular complexity index is 587. The van der Waals surface area contributed by atoms with E-state index in [1.807, 2.05) is 0 Å². The van der Waals surface area contributed by atoms with Gasteiger partial charge in [0.2, 0.25) is 0 Å². The van der Waals surface area contributed by atoms with Crippen molar-refractivity contribution in [1.29, 1.82) is 0 Å². The van der Waals surface area contributed by atoms with Crippen molar-refractivity contribution >= 4 is 5.97 Å². The Labute approximate surface area is 97.9 Å². The molecule has 0 unspecified atom stereocenters. The lowest BCUT2D eigenvalue weighted by Gasteiger charge is -2.05. The fraction of sp³-hybridized carbons (Fsp3) is 0.167. The van der Waals surface area contributed by atoms with Gasteiger partial charge in [-0.3, -0.25) is 0 Å². The molecule has 5 nitrogen and oxygen atoms in total. The van der Waals surface area contributed by atoms with Crippen molar-refractivity contribution in [1.82, 2.24) is 9.71 Å². The number of aryl methyl sites for hydroxylation is 1. The van der Waals surface area contributed by atoms with E-state index in [4.69, 9.17) is 5.11 Å². The number of hydrogen-bond donors (Lipinski definition) is 2. The van der Waals surface area contributed by atoms with Crippen molar-refractivity contribution in [3.8, 4) is 11.4 Å². The first-order valence-electron chi connectivity index (χ1n) is 5.10. The van der Waals surface area contributed by atoms with Gasteiger partial charge in [0, 0.05) is 5.56 Å². The number of nitrogens with zero attached hydrogens (tertiary/aromatic N) is 2. The lowest BCUT2D eigenvalue weighted by atomic mass is 10.1. The van der Waals surface area contributed by atoms with Gasteiger partial charge in [-0.25, -0.2) is 9.78 Å². The van der Waals surface area contributed by atoms with Crippen molar-refractivity contribution in [2.24, 2.45) is 0 Å². The summed E-state index contributed by atoms with van der Waals surface area (Å²) >= 11 is 0. The summed E-state index contributed by atoms with van der Waals surface area (Å²) in [5.41, 5.74) is 1.79. The molecule has 1 aromatic heterocycles. The first kappa shape index (κ1) is 11.2. The molecule has 0 saturated heterocycles. The van der Waals surface area contributed by atoms with E-state index >= 15 is 0 Å². The number of benzene rings is 1. The van der Waals surface area contributed by atoms with Crippen LogP contribution in [0.2, 0.25) is 0 Å². The molecule has 1 heterocycles. The lowest BCUT2D eigenvalue weighted by molar-refractivity contribution is 0.0697. The largest absolute Gasteiger partial charge is 0.478 e. The summed E-state index contributed by atoms with van der Waals surface area (Å²) in [6, 6.07) is 6.45. The van der Waals surface area contributed by atoms with Gasteiger partial charge in [0.25, 0.3) is 0 Å². The number of hydrogen-bond acceptors (Lipinski definition) is 3. The van der Waals surface area contributed by atoms with Crippen LogP contribution in [-0.2, 0) is 0 Å². The molecule has 2 aromatic rings. The summed E-state index contributed by atoms with van der Waals surface area (Å²) in [5, 5.41) is 18.9. The smallest absolute Gasteiger partial charge is 0.336 e. The van der Waals surface area contributed by atoms with Gasteiger partial charge < -0.3 is 10.3 Å². The van der Waals surface area contributed by atoms with Crippen molar-refractivity contribution in [3.05, 3.63) is 41.2 Å². The summed E-state index contributed by atoms with van der Waals surface area (Å²) in [6.45, 7) is 3.48. The summed E-state index contributed by atoms with van der Waals surface area (Å²) < 4.78 is 0.914. The average molecular weight is 232 g/mol. The first-order chi connectivity index (χ1) is 8.02. The molecule has 88 valence electrons. The summed E-state index contributed by atoms with van der Waals surface area (Å²) in [4.78, 5) is 15.3. The molecule has 0 aliphatic heterocycles. The molecule has 0 fully saturated rings. The van der Waals surface area contributed by atoms with Crippen LogP contribution in [0, 0.1) is 13.8 Å². The quantitative estimate of drug-likeness (QED) is 0.777. The zero-order valence-corrected chi connectivity index (χ0v) is 9.51. The maximum absolute atomic E-state index is 11.1. The van der Waals surface area contributed by atoms with E-state index in [-0.39, 0.29) is 11.4 Å². The number of rotatable bonds is 2. The highest BCUT2D eigenvalue weighted by Gasteiger charge is 2.17. The molecule has 0 spiro atoms. The Balaban J connectivity index is 2.68. The standard InChI is InChI=1S/C12H12N2O3/c1-7-8(2)14(17)11(13-7)9-5-3-4-6-10(9)12(15)16/h3-6,17H,1-2H3,(H,15,16). The second kappa shape index (κ2) is 3.93. The van der Waals surface area contributed by atoms with Crippen LogP contribution in [0.4, 0.5) is 0 Å². The molecule has 2 rings (SSSR count). The van der Waals surface area contributed by atoms with Gasteiger partial charge in [-0.15, -0.1) is 0 Å². The van der Waals surface area contributed by atoms with E-state index < -0.39 is 5.97 Å². The molecular formula is C12H12N2O3. The number of aromatic nitrogens is 2. The van der Waals surface area contributed by atoms with Crippen LogP contribution in [0.1, 0.15) is 21.7 Å². The van der Waals surface area contributed by atoms with Gasteiger partial charge in [0.05, 0.1) is 17.0 Å². The van der Waals surface area contributed by atoms with Crippen LogP contribution in [0.5, 0.6) is 0 Å². The molecule has 0 amide bonds. The topological polar surface area (TPSA) is 75.3 Å². The highest BCUT2D eigenvalue weighted by Crippen LogP contribution is 2.24. The van der Waals surface area contributed by atoms with Crippen molar-refractivity contribution in [3.63, 3.8) is 0 Å². The van der Waals surface area contributed by atoms with E-state index in [0.29, 0.717) is 17.0 Å². The minimum Gasteiger partial charge on any atom is -0.478 e. The van der Waals surface area contributed by atoms with E-state index in [2.05, 4.69) is 4.98 Å². The van der Waals surface area contributed by atoms with E-state index in [1.165, 1.54) is 6.07 Å². The van der Waals surface area contributed by atoms with Crippen molar-refractivity contribution in [2.75, 3.05) is 0 Å². The normalized spacial score (nSPS) is 10.5. The minimum absolute atomic E-state index is 0.118.